The van der Waals surface area contributed by atoms with Crippen molar-refractivity contribution in [3.63, 3.8) is 0 Å². The molecule has 1 aromatic carbocycles. The lowest BCUT2D eigenvalue weighted by Crippen LogP contribution is -2.04. The molecule has 0 radical (unpaired) electrons. The van der Waals surface area contributed by atoms with E-state index in [1.54, 1.807) is 0 Å². The maximum Gasteiger partial charge on any atom is 0.0270 e. The van der Waals surface area contributed by atoms with Crippen LogP contribution < -0.4 is 0 Å². The van der Waals surface area contributed by atoms with Gasteiger partial charge in [-0.2, -0.15) is 0 Å². The predicted molar refractivity (Wildman–Crippen MR) is 70.0 cm³/mol. The molecule has 1 nitrogen and oxygen atoms in total. The molecule has 1 aromatic heterocycles. The van der Waals surface area contributed by atoms with E-state index < -0.39 is 0 Å². The van der Waals surface area contributed by atoms with Gasteiger partial charge in [-0.25, -0.2) is 0 Å². The molecule has 1 aliphatic rings. The average molecular weight is 223 g/mol. The Bertz CT molecular complexity index is 418. The standard InChI is InChI=1S/C16H17N/c1-2-5-13(6-3-1)15-7-4-8-16(15)14-9-11-17-12-10-14/h1-3,5-6,9-12,15-16H,4,7-8H2/t15-,16-/m0/s1. The van der Waals surface area contributed by atoms with E-state index in [1.807, 2.05) is 12.4 Å². The van der Waals surface area contributed by atoms with Gasteiger partial charge < -0.3 is 0 Å². The Balaban J connectivity index is 1.91. The van der Waals surface area contributed by atoms with Gasteiger partial charge >= 0.3 is 0 Å². The fourth-order valence-corrected chi connectivity index (χ4v) is 3.07. The maximum atomic E-state index is 4.11. The second-order valence-corrected chi connectivity index (χ2v) is 4.84. The van der Waals surface area contributed by atoms with Crippen molar-refractivity contribution in [2.24, 2.45) is 0 Å². The molecule has 86 valence electrons. The summed E-state index contributed by atoms with van der Waals surface area (Å²) in [6.07, 6.45) is 7.79. The van der Waals surface area contributed by atoms with E-state index in [2.05, 4.69) is 47.4 Å². The van der Waals surface area contributed by atoms with Gasteiger partial charge in [0.2, 0.25) is 0 Å². The quantitative estimate of drug-likeness (QED) is 0.746. The molecular formula is C16H17N. The molecule has 0 amide bonds. The fourth-order valence-electron chi connectivity index (χ4n) is 3.07. The van der Waals surface area contributed by atoms with E-state index in [0.29, 0.717) is 11.8 Å². The number of aromatic nitrogens is 1. The first kappa shape index (κ1) is 10.5. The summed E-state index contributed by atoms with van der Waals surface area (Å²) < 4.78 is 0. The Morgan fingerprint density at radius 2 is 1.35 bits per heavy atom. The Labute approximate surface area is 103 Å². The first-order valence-electron chi connectivity index (χ1n) is 6.40. The third kappa shape index (κ3) is 2.10. The van der Waals surface area contributed by atoms with Gasteiger partial charge in [-0.05, 0) is 47.9 Å². The molecule has 1 saturated carbocycles. The van der Waals surface area contributed by atoms with Gasteiger partial charge in [0.05, 0.1) is 0 Å². The van der Waals surface area contributed by atoms with Gasteiger partial charge in [0.15, 0.2) is 0 Å². The van der Waals surface area contributed by atoms with Crippen molar-refractivity contribution in [2.45, 2.75) is 31.1 Å². The zero-order valence-electron chi connectivity index (χ0n) is 9.92. The fraction of sp³-hybridized carbons (Fsp3) is 0.312. The van der Waals surface area contributed by atoms with Crippen molar-refractivity contribution in [1.82, 2.24) is 4.98 Å². The topological polar surface area (TPSA) is 12.9 Å². The lowest BCUT2D eigenvalue weighted by Gasteiger charge is -2.20. The number of pyridine rings is 1. The van der Waals surface area contributed by atoms with Crippen LogP contribution in [0.4, 0.5) is 0 Å². The molecule has 1 aliphatic carbocycles. The molecule has 3 rings (SSSR count). The van der Waals surface area contributed by atoms with Crippen LogP contribution in [-0.2, 0) is 0 Å². The highest BCUT2D eigenvalue weighted by Gasteiger charge is 2.29. The zero-order valence-corrected chi connectivity index (χ0v) is 9.92. The maximum absolute atomic E-state index is 4.11. The van der Waals surface area contributed by atoms with Crippen molar-refractivity contribution in [2.75, 3.05) is 0 Å². The van der Waals surface area contributed by atoms with Crippen molar-refractivity contribution in [1.29, 1.82) is 0 Å². The average Bonchev–Trinajstić information content (AvgIpc) is 2.90. The van der Waals surface area contributed by atoms with Crippen molar-refractivity contribution in [3.8, 4) is 0 Å². The minimum absolute atomic E-state index is 0.681. The van der Waals surface area contributed by atoms with E-state index in [1.165, 1.54) is 30.4 Å². The molecule has 2 atom stereocenters. The van der Waals surface area contributed by atoms with Crippen LogP contribution in [0.5, 0.6) is 0 Å². The molecule has 1 fully saturated rings. The number of nitrogens with zero attached hydrogens (tertiary/aromatic N) is 1. The molecule has 17 heavy (non-hydrogen) atoms. The van der Waals surface area contributed by atoms with Crippen LogP contribution in [0.3, 0.4) is 0 Å². The first-order chi connectivity index (χ1) is 8.45. The van der Waals surface area contributed by atoms with E-state index >= 15 is 0 Å². The number of hydrogen-bond donors (Lipinski definition) is 0. The molecule has 0 unspecified atom stereocenters. The van der Waals surface area contributed by atoms with Gasteiger partial charge in [0.1, 0.15) is 0 Å². The van der Waals surface area contributed by atoms with E-state index in [-0.39, 0.29) is 0 Å². The Morgan fingerprint density at radius 3 is 2.00 bits per heavy atom. The molecule has 0 aliphatic heterocycles. The molecule has 1 heteroatoms. The van der Waals surface area contributed by atoms with E-state index in [4.69, 9.17) is 0 Å². The monoisotopic (exact) mass is 223 g/mol. The second-order valence-electron chi connectivity index (χ2n) is 4.84. The summed E-state index contributed by atoms with van der Waals surface area (Å²) in [5.74, 6) is 1.37. The van der Waals surface area contributed by atoms with E-state index in [0.717, 1.165) is 0 Å². The minimum atomic E-state index is 0.681. The van der Waals surface area contributed by atoms with Crippen LogP contribution in [0.1, 0.15) is 42.2 Å². The van der Waals surface area contributed by atoms with Crippen molar-refractivity contribution < 1.29 is 0 Å². The summed E-state index contributed by atoms with van der Waals surface area (Å²) >= 11 is 0. The minimum Gasteiger partial charge on any atom is -0.265 e. The number of rotatable bonds is 2. The normalized spacial score (nSPS) is 23.8. The molecule has 0 spiro atoms. The number of hydrogen-bond acceptors (Lipinski definition) is 1. The molecule has 0 bridgehead atoms. The summed E-state index contributed by atoms with van der Waals surface area (Å²) in [5, 5.41) is 0. The highest BCUT2D eigenvalue weighted by atomic mass is 14.6. The summed E-state index contributed by atoms with van der Waals surface area (Å²) in [4.78, 5) is 4.11. The summed E-state index contributed by atoms with van der Waals surface area (Å²) in [5.41, 5.74) is 2.94. The third-order valence-corrected chi connectivity index (χ3v) is 3.88. The molecule has 0 saturated heterocycles. The smallest absolute Gasteiger partial charge is 0.0270 e. The Hall–Kier alpha value is -1.63. The second kappa shape index (κ2) is 4.70. The third-order valence-electron chi connectivity index (χ3n) is 3.88. The van der Waals surface area contributed by atoms with E-state index in [9.17, 15) is 0 Å². The van der Waals surface area contributed by atoms with Gasteiger partial charge in [-0.15, -0.1) is 0 Å². The Kier molecular flexibility index (Phi) is 2.91. The highest BCUT2D eigenvalue weighted by molar-refractivity contribution is 5.28. The molecule has 2 aromatic rings. The van der Waals surface area contributed by atoms with Gasteiger partial charge in [0.25, 0.3) is 0 Å². The Morgan fingerprint density at radius 1 is 0.765 bits per heavy atom. The summed E-state index contributed by atoms with van der Waals surface area (Å²) in [7, 11) is 0. The van der Waals surface area contributed by atoms with Crippen LogP contribution in [0, 0.1) is 0 Å². The van der Waals surface area contributed by atoms with Crippen LogP contribution in [0.2, 0.25) is 0 Å². The lowest BCUT2D eigenvalue weighted by atomic mass is 9.84. The molecular weight excluding hydrogens is 206 g/mol. The van der Waals surface area contributed by atoms with Crippen molar-refractivity contribution >= 4 is 0 Å². The van der Waals surface area contributed by atoms with Gasteiger partial charge in [-0.3, -0.25) is 4.98 Å². The van der Waals surface area contributed by atoms with Crippen molar-refractivity contribution in [3.05, 3.63) is 66.0 Å². The summed E-state index contributed by atoms with van der Waals surface area (Å²) in [6, 6.07) is 15.3. The lowest BCUT2D eigenvalue weighted by molar-refractivity contribution is 0.623. The summed E-state index contributed by atoms with van der Waals surface area (Å²) in [6.45, 7) is 0. The first-order valence-corrected chi connectivity index (χ1v) is 6.40. The predicted octanol–water partition coefficient (Wildman–Crippen LogP) is 4.13. The van der Waals surface area contributed by atoms with Gasteiger partial charge in [0, 0.05) is 12.4 Å². The largest absolute Gasteiger partial charge is 0.265 e. The zero-order chi connectivity index (χ0) is 11.5. The highest BCUT2D eigenvalue weighted by Crippen LogP contribution is 2.45. The van der Waals surface area contributed by atoms with Crippen LogP contribution in [0.15, 0.2) is 54.9 Å². The van der Waals surface area contributed by atoms with Crippen LogP contribution >= 0.6 is 0 Å². The van der Waals surface area contributed by atoms with Crippen LogP contribution in [0.25, 0.3) is 0 Å². The SMILES string of the molecule is c1ccc([C@@H]2CCC[C@H]2c2ccncc2)cc1. The van der Waals surface area contributed by atoms with Gasteiger partial charge in [-0.1, -0.05) is 36.8 Å². The molecule has 0 N–H and O–H groups in total. The number of benzene rings is 1. The van der Waals surface area contributed by atoms with Crippen LogP contribution in [-0.4, -0.2) is 4.98 Å². The molecule has 1 heterocycles.